The van der Waals surface area contributed by atoms with Gasteiger partial charge in [0.15, 0.2) is 0 Å². The Bertz CT molecular complexity index is 1020. The summed E-state index contributed by atoms with van der Waals surface area (Å²) in [5.41, 5.74) is 5.37. The van der Waals surface area contributed by atoms with Gasteiger partial charge in [-0.2, -0.15) is 0 Å². The van der Waals surface area contributed by atoms with E-state index in [0.29, 0.717) is 6.42 Å². The Morgan fingerprint density at radius 2 is 0.946 bits per heavy atom. The smallest absolute Gasteiger partial charge is 0.387 e. The van der Waals surface area contributed by atoms with Gasteiger partial charge in [-0.3, -0.25) is 13.8 Å². The van der Waals surface area contributed by atoms with Crippen molar-refractivity contribution >= 4 is 13.7 Å². The molecule has 0 aromatic carbocycles. The third-order valence-corrected chi connectivity index (χ3v) is 11.1. The summed E-state index contributed by atoms with van der Waals surface area (Å²) in [4.78, 5) is 22.7. The van der Waals surface area contributed by atoms with Crippen LogP contribution in [-0.2, 0) is 18.4 Å². The molecule has 1 amide bonds. The molecule has 328 valence electrons. The first-order chi connectivity index (χ1) is 27.4. The number of hydrogen-bond donors (Lipinski definition) is 4. The molecule has 0 aliphatic rings. The molecule has 5 N–H and O–H groups in total. The van der Waals surface area contributed by atoms with Crippen LogP contribution in [0.5, 0.6) is 0 Å². The van der Waals surface area contributed by atoms with Crippen molar-refractivity contribution in [3.05, 3.63) is 48.6 Å². The van der Waals surface area contributed by atoms with E-state index in [1.54, 1.807) is 6.08 Å². The number of nitrogens with two attached hydrogens (primary N) is 1. The number of phosphoric acid groups is 1. The van der Waals surface area contributed by atoms with E-state index in [0.717, 1.165) is 44.9 Å². The van der Waals surface area contributed by atoms with Crippen LogP contribution < -0.4 is 11.1 Å². The second kappa shape index (κ2) is 43.0. The van der Waals surface area contributed by atoms with Crippen molar-refractivity contribution in [1.29, 1.82) is 0 Å². The molecule has 8 nitrogen and oxygen atoms in total. The molecule has 0 spiro atoms. The standard InChI is InChI=1S/C47H89N2O6P/c1-3-5-7-9-11-13-15-17-19-20-21-22-23-24-25-26-27-29-31-33-35-37-39-41-47(51)49-45(44-55-56(52,53)54-43-42-48)46(50)40-38-36-34-32-30-28-18-16-14-12-10-8-6-4-2/h14,16,20-21,30,32,38,40,45-46,50H,3-13,15,17-19,22-29,31,33-37,39,41-44,48H2,1-2H3,(H,49,51)(H,52,53)/b16-14+,21-20-,32-30+,40-38+. The molecule has 0 aliphatic carbocycles. The van der Waals surface area contributed by atoms with Crippen molar-refractivity contribution in [2.75, 3.05) is 19.8 Å². The molecule has 0 fully saturated rings. The van der Waals surface area contributed by atoms with Crippen LogP contribution in [0.1, 0.15) is 213 Å². The summed E-state index contributed by atoms with van der Waals surface area (Å²) in [6.07, 6.45) is 53.1. The van der Waals surface area contributed by atoms with Crippen molar-refractivity contribution in [2.45, 2.75) is 225 Å². The minimum Gasteiger partial charge on any atom is -0.387 e. The zero-order valence-electron chi connectivity index (χ0n) is 36.4. The molecule has 9 heteroatoms. The molecule has 3 unspecified atom stereocenters. The number of hydrogen-bond acceptors (Lipinski definition) is 6. The van der Waals surface area contributed by atoms with Crippen LogP contribution >= 0.6 is 7.82 Å². The quantitative estimate of drug-likeness (QED) is 0.0274. The van der Waals surface area contributed by atoms with Gasteiger partial charge in [-0.15, -0.1) is 0 Å². The maximum atomic E-state index is 12.8. The molecule has 0 heterocycles. The Kier molecular flexibility index (Phi) is 41.9. The summed E-state index contributed by atoms with van der Waals surface area (Å²) >= 11 is 0. The van der Waals surface area contributed by atoms with Crippen molar-refractivity contribution in [3.8, 4) is 0 Å². The van der Waals surface area contributed by atoms with Crippen LogP contribution in [0.3, 0.4) is 0 Å². The Balaban J connectivity index is 4.15. The summed E-state index contributed by atoms with van der Waals surface area (Å²) in [6, 6.07) is -0.883. The minimum absolute atomic E-state index is 0.0709. The molecule has 0 rings (SSSR count). The van der Waals surface area contributed by atoms with E-state index in [-0.39, 0.29) is 25.7 Å². The summed E-state index contributed by atoms with van der Waals surface area (Å²) < 4.78 is 22.1. The van der Waals surface area contributed by atoms with E-state index in [9.17, 15) is 19.4 Å². The van der Waals surface area contributed by atoms with Crippen molar-refractivity contribution in [2.24, 2.45) is 5.73 Å². The van der Waals surface area contributed by atoms with Gasteiger partial charge >= 0.3 is 7.82 Å². The molecular weight excluding hydrogens is 719 g/mol. The number of carbonyl (C=O) groups excluding carboxylic acids is 1. The number of nitrogens with one attached hydrogen (secondary N) is 1. The molecule has 0 saturated carbocycles. The lowest BCUT2D eigenvalue weighted by Gasteiger charge is -2.23. The van der Waals surface area contributed by atoms with Crippen LogP contribution in [0.2, 0.25) is 0 Å². The van der Waals surface area contributed by atoms with Gasteiger partial charge in [0, 0.05) is 13.0 Å². The van der Waals surface area contributed by atoms with Crippen molar-refractivity contribution in [3.63, 3.8) is 0 Å². The Morgan fingerprint density at radius 3 is 1.39 bits per heavy atom. The Hall–Kier alpha value is -1.54. The van der Waals surface area contributed by atoms with E-state index < -0.39 is 20.0 Å². The SMILES string of the molecule is CCCCCC/C=C/CC/C=C/CC/C=C/C(O)C(COP(=O)(O)OCCN)NC(=O)CCCCCCCCCCCCC/C=C\CCCCCCCCCC. The lowest BCUT2D eigenvalue weighted by Crippen LogP contribution is -2.45. The highest BCUT2D eigenvalue weighted by Gasteiger charge is 2.26. The average molecular weight is 809 g/mol. The number of phosphoric ester groups is 1. The average Bonchev–Trinajstić information content (AvgIpc) is 3.19. The molecule has 0 bridgehead atoms. The Labute approximate surface area is 345 Å². The largest absolute Gasteiger partial charge is 0.472 e. The molecule has 0 saturated heterocycles. The molecule has 0 aromatic heterocycles. The lowest BCUT2D eigenvalue weighted by molar-refractivity contribution is -0.123. The summed E-state index contributed by atoms with van der Waals surface area (Å²) in [5, 5.41) is 13.6. The van der Waals surface area contributed by atoms with E-state index in [4.69, 9.17) is 14.8 Å². The second-order valence-electron chi connectivity index (χ2n) is 15.6. The van der Waals surface area contributed by atoms with Crippen LogP contribution in [0.25, 0.3) is 0 Å². The number of aliphatic hydroxyl groups is 1. The topological polar surface area (TPSA) is 131 Å². The summed E-state index contributed by atoms with van der Waals surface area (Å²) in [5.74, 6) is -0.210. The molecule has 3 atom stereocenters. The van der Waals surface area contributed by atoms with Crippen LogP contribution in [-0.4, -0.2) is 47.8 Å². The van der Waals surface area contributed by atoms with Crippen molar-refractivity contribution < 1.29 is 28.4 Å². The maximum Gasteiger partial charge on any atom is 0.472 e. The number of aliphatic hydroxyl groups excluding tert-OH is 1. The fourth-order valence-corrected chi connectivity index (χ4v) is 7.33. The number of amides is 1. The minimum atomic E-state index is -4.35. The van der Waals surface area contributed by atoms with E-state index in [2.05, 4.69) is 55.6 Å². The van der Waals surface area contributed by atoms with E-state index >= 15 is 0 Å². The summed E-state index contributed by atoms with van der Waals surface area (Å²) in [6.45, 7) is 4.09. The first-order valence-corrected chi connectivity index (χ1v) is 24.8. The third-order valence-electron chi connectivity index (χ3n) is 10.1. The molecule has 0 aliphatic heterocycles. The van der Waals surface area contributed by atoms with Crippen molar-refractivity contribution in [1.82, 2.24) is 5.32 Å². The fourth-order valence-electron chi connectivity index (χ4n) is 6.57. The zero-order valence-corrected chi connectivity index (χ0v) is 37.3. The van der Waals surface area contributed by atoms with Gasteiger partial charge in [-0.05, 0) is 70.6 Å². The van der Waals surface area contributed by atoms with Gasteiger partial charge in [0.25, 0.3) is 0 Å². The normalized spacial score (nSPS) is 14.4. The lowest BCUT2D eigenvalue weighted by atomic mass is 10.0. The number of rotatable bonds is 43. The number of unbranched alkanes of at least 4 members (excludes halogenated alkanes) is 25. The van der Waals surface area contributed by atoms with Gasteiger partial charge < -0.3 is 21.1 Å². The Morgan fingerprint density at radius 1 is 0.571 bits per heavy atom. The molecule has 0 aromatic rings. The highest BCUT2D eigenvalue weighted by atomic mass is 31.2. The molecule has 56 heavy (non-hydrogen) atoms. The van der Waals surface area contributed by atoms with Crippen LogP contribution in [0.15, 0.2) is 48.6 Å². The zero-order chi connectivity index (χ0) is 41.1. The second-order valence-corrected chi connectivity index (χ2v) is 17.0. The van der Waals surface area contributed by atoms with E-state index in [1.807, 2.05) is 6.08 Å². The van der Waals surface area contributed by atoms with Gasteiger partial charge in [0.1, 0.15) is 0 Å². The number of allylic oxidation sites excluding steroid dienone is 7. The van der Waals surface area contributed by atoms with Gasteiger partial charge in [0.2, 0.25) is 5.91 Å². The maximum absolute atomic E-state index is 12.8. The highest BCUT2D eigenvalue weighted by Crippen LogP contribution is 2.43. The molecular formula is C47H89N2O6P. The monoisotopic (exact) mass is 809 g/mol. The highest BCUT2D eigenvalue weighted by molar-refractivity contribution is 7.47. The fraction of sp³-hybridized carbons (Fsp3) is 0.809. The van der Waals surface area contributed by atoms with Gasteiger partial charge in [-0.1, -0.05) is 184 Å². The predicted octanol–water partition coefficient (Wildman–Crippen LogP) is 13.3. The molecule has 0 radical (unpaired) electrons. The predicted molar refractivity (Wildman–Crippen MR) is 240 cm³/mol. The van der Waals surface area contributed by atoms with E-state index in [1.165, 1.54) is 148 Å². The first-order valence-electron chi connectivity index (χ1n) is 23.3. The third kappa shape index (κ3) is 40.6. The number of carbonyl (C=O) groups is 1. The summed E-state index contributed by atoms with van der Waals surface area (Å²) in [7, 11) is -4.35. The van der Waals surface area contributed by atoms with Crippen LogP contribution in [0, 0.1) is 0 Å². The van der Waals surface area contributed by atoms with Crippen LogP contribution in [0.4, 0.5) is 0 Å². The first kappa shape index (κ1) is 54.5. The van der Waals surface area contributed by atoms with Gasteiger partial charge in [0.05, 0.1) is 25.4 Å². The van der Waals surface area contributed by atoms with Gasteiger partial charge in [-0.25, -0.2) is 4.57 Å².